The van der Waals surface area contributed by atoms with Gasteiger partial charge in [0.25, 0.3) is 0 Å². The number of rotatable bonds is 2. The number of hydrogen-bond donors (Lipinski definition) is 1. The first-order chi connectivity index (χ1) is 9.18. The minimum absolute atomic E-state index is 0.246. The van der Waals surface area contributed by atoms with E-state index in [0.29, 0.717) is 6.42 Å². The van der Waals surface area contributed by atoms with E-state index < -0.39 is 16.6 Å². The molecule has 4 heteroatoms. The minimum atomic E-state index is -1.43. The molecule has 3 atom stereocenters. The van der Waals surface area contributed by atoms with Gasteiger partial charge in [0.1, 0.15) is 5.82 Å². The summed E-state index contributed by atoms with van der Waals surface area (Å²) in [5.41, 5.74) is 8.30. The van der Waals surface area contributed by atoms with Crippen LogP contribution in [0.2, 0.25) is 0 Å². The molecule has 2 aromatic carbocycles. The number of nitrogens with two attached hydrogens (primary N) is 1. The van der Waals surface area contributed by atoms with Crippen molar-refractivity contribution < 1.29 is 8.60 Å². The van der Waals surface area contributed by atoms with Gasteiger partial charge >= 0.3 is 0 Å². The van der Waals surface area contributed by atoms with Gasteiger partial charge in [0, 0.05) is 6.04 Å². The summed E-state index contributed by atoms with van der Waals surface area (Å²) in [4.78, 5) is 0.246. The first kappa shape index (κ1) is 12.5. The third kappa shape index (κ3) is 2.11. The van der Waals surface area contributed by atoms with Crippen LogP contribution in [0.25, 0.3) is 0 Å². The zero-order chi connectivity index (χ0) is 13.4. The summed E-state index contributed by atoms with van der Waals surface area (Å²) in [5, 5.41) is -0.255. The highest BCUT2D eigenvalue weighted by atomic mass is 32.2. The highest BCUT2D eigenvalue weighted by Crippen LogP contribution is 2.34. The Hall–Kier alpha value is -1.52. The van der Waals surface area contributed by atoms with Crippen molar-refractivity contribution in [2.45, 2.75) is 22.6 Å². The lowest BCUT2D eigenvalue weighted by Crippen LogP contribution is -2.27. The summed E-state index contributed by atoms with van der Waals surface area (Å²) in [6.07, 6.45) is 0.637. The third-order valence-electron chi connectivity index (χ3n) is 3.56. The summed E-state index contributed by atoms with van der Waals surface area (Å²) in [5.74, 6) is -0.427. The van der Waals surface area contributed by atoms with Crippen LogP contribution in [-0.4, -0.2) is 9.46 Å². The van der Waals surface area contributed by atoms with Crippen LogP contribution in [0.4, 0.5) is 4.39 Å². The molecule has 0 aromatic heterocycles. The van der Waals surface area contributed by atoms with Crippen molar-refractivity contribution in [3.63, 3.8) is 0 Å². The zero-order valence-corrected chi connectivity index (χ0v) is 11.1. The molecular formula is C15H14FNOS. The fraction of sp³-hybridized carbons (Fsp3) is 0.200. The Kier molecular flexibility index (Phi) is 3.21. The van der Waals surface area contributed by atoms with Crippen molar-refractivity contribution in [1.82, 2.24) is 0 Å². The topological polar surface area (TPSA) is 43.1 Å². The predicted molar refractivity (Wildman–Crippen MR) is 73.7 cm³/mol. The van der Waals surface area contributed by atoms with Crippen LogP contribution in [0.5, 0.6) is 0 Å². The number of hydrogen-bond acceptors (Lipinski definition) is 2. The van der Waals surface area contributed by atoms with Crippen LogP contribution in [0, 0.1) is 5.82 Å². The maximum absolute atomic E-state index is 13.7. The molecule has 0 fully saturated rings. The molecule has 0 heterocycles. The van der Waals surface area contributed by atoms with E-state index in [1.54, 1.807) is 18.2 Å². The van der Waals surface area contributed by atoms with Crippen LogP contribution in [-0.2, 0) is 17.2 Å². The van der Waals surface area contributed by atoms with Crippen molar-refractivity contribution in [1.29, 1.82) is 0 Å². The van der Waals surface area contributed by atoms with Crippen molar-refractivity contribution in [2.75, 3.05) is 0 Å². The lowest BCUT2D eigenvalue weighted by molar-refractivity contribution is 0.589. The van der Waals surface area contributed by atoms with Crippen LogP contribution in [0.3, 0.4) is 0 Å². The second kappa shape index (κ2) is 4.87. The van der Waals surface area contributed by atoms with Crippen LogP contribution in [0.1, 0.15) is 17.2 Å². The predicted octanol–water partition coefficient (Wildman–Crippen LogP) is 2.56. The highest BCUT2D eigenvalue weighted by Gasteiger charge is 2.35. The Bertz CT molecular complexity index is 644. The summed E-state index contributed by atoms with van der Waals surface area (Å²) in [6.45, 7) is 0. The summed E-state index contributed by atoms with van der Waals surface area (Å²) >= 11 is 0. The molecule has 3 rings (SSSR count). The van der Waals surface area contributed by atoms with E-state index in [1.165, 1.54) is 6.07 Å². The summed E-state index contributed by atoms with van der Waals surface area (Å²) < 4.78 is 26.3. The van der Waals surface area contributed by atoms with Crippen molar-refractivity contribution in [3.05, 3.63) is 65.5 Å². The molecule has 2 nitrogen and oxygen atoms in total. The third-order valence-corrected chi connectivity index (χ3v) is 5.34. The molecule has 0 bridgehead atoms. The average Bonchev–Trinajstić information content (AvgIpc) is 2.77. The molecule has 98 valence electrons. The smallest absolute Gasteiger partial charge is 0.139 e. The van der Waals surface area contributed by atoms with Crippen LogP contribution in [0.15, 0.2) is 53.4 Å². The fourth-order valence-corrected chi connectivity index (χ4v) is 4.11. The molecule has 19 heavy (non-hydrogen) atoms. The monoisotopic (exact) mass is 275 g/mol. The first-order valence-electron chi connectivity index (χ1n) is 6.17. The van der Waals surface area contributed by atoms with E-state index >= 15 is 0 Å². The van der Waals surface area contributed by atoms with Crippen LogP contribution >= 0.6 is 0 Å². The van der Waals surface area contributed by atoms with Gasteiger partial charge in [0.2, 0.25) is 0 Å². The van der Waals surface area contributed by atoms with Gasteiger partial charge in [-0.2, -0.15) is 0 Å². The molecule has 0 saturated heterocycles. The lowest BCUT2D eigenvalue weighted by Gasteiger charge is -2.16. The van der Waals surface area contributed by atoms with Gasteiger partial charge in [-0.05, 0) is 29.7 Å². The molecule has 3 unspecified atom stereocenters. The van der Waals surface area contributed by atoms with Gasteiger partial charge in [-0.1, -0.05) is 36.4 Å². The minimum Gasteiger partial charge on any atom is -0.323 e. The summed E-state index contributed by atoms with van der Waals surface area (Å²) in [6, 6.07) is 13.7. The molecule has 0 saturated carbocycles. The maximum atomic E-state index is 13.7. The van der Waals surface area contributed by atoms with E-state index in [1.807, 2.05) is 24.3 Å². The first-order valence-corrected chi connectivity index (χ1v) is 7.38. The van der Waals surface area contributed by atoms with Gasteiger partial charge < -0.3 is 5.73 Å². The standard InChI is InChI=1S/C15H14FNOS/c16-12-7-3-4-8-13(12)19(18)14-9-10-5-1-2-6-11(10)15(14)17/h1-8,14-15H,9,17H2. The number of benzene rings is 2. The maximum Gasteiger partial charge on any atom is 0.139 e. The normalized spacial score (nSPS) is 23.1. The Morgan fingerprint density at radius 1 is 1.11 bits per heavy atom. The Morgan fingerprint density at radius 2 is 1.79 bits per heavy atom. The molecule has 1 aliphatic rings. The van der Waals surface area contributed by atoms with Crippen molar-refractivity contribution in [3.8, 4) is 0 Å². The summed E-state index contributed by atoms with van der Waals surface area (Å²) in [7, 11) is -1.43. The van der Waals surface area contributed by atoms with Crippen molar-refractivity contribution >= 4 is 10.8 Å². The largest absolute Gasteiger partial charge is 0.323 e. The Labute approximate surface area is 113 Å². The molecule has 2 aromatic rings. The van der Waals surface area contributed by atoms with E-state index in [2.05, 4.69) is 0 Å². The van der Waals surface area contributed by atoms with Gasteiger partial charge in [-0.15, -0.1) is 0 Å². The second-order valence-electron chi connectivity index (χ2n) is 4.70. The fourth-order valence-electron chi connectivity index (χ4n) is 2.57. The lowest BCUT2D eigenvalue weighted by atomic mass is 10.1. The van der Waals surface area contributed by atoms with E-state index in [9.17, 15) is 8.60 Å². The Morgan fingerprint density at radius 3 is 2.53 bits per heavy atom. The van der Waals surface area contributed by atoms with E-state index in [-0.39, 0.29) is 16.2 Å². The molecule has 0 aliphatic heterocycles. The highest BCUT2D eigenvalue weighted by molar-refractivity contribution is 7.85. The molecule has 0 radical (unpaired) electrons. The number of fused-ring (bicyclic) bond motifs is 1. The molecule has 2 N–H and O–H groups in total. The van der Waals surface area contributed by atoms with Gasteiger partial charge in [-0.3, -0.25) is 4.21 Å². The van der Waals surface area contributed by atoms with E-state index in [4.69, 9.17) is 5.73 Å². The van der Waals surface area contributed by atoms with Crippen molar-refractivity contribution in [2.24, 2.45) is 5.73 Å². The molecular weight excluding hydrogens is 261 g/mol. The van der Waals surface area contributed by atoms with Gasteiger partial charge in [0.05, 0.1) is 20.9 Å². The quantitative estimate of drug-likeness (QED) is 0.915. The molecule has 1 aliphatic carbocycles. The van der Waals surface area contributed by atoms with E-state index in [0.717, 1.165) is 11.1 Å². The zero-order valence-electron chi connectivity index (χ0n) is 10.3. The number of halogens is 1. The Balaban J connectivity index is 1.94. The van der Waals surface area contributed by atoms with Gasteiger partial charge in [-0.25, -0.2) is 4.39 Å². The molecule has 0 spiro atoms. The SMILES string of the molecule is NC1c2ccccc2CC1S(=O)c1ccccc1F. The molecule has 0 amide bonds. The average molecular weight is 275 g/mol. The van der Waals surface area contributed by atoms with Gasteiger partial charge in [0.15, 0.2) is 0 Å². The van der Waals surface area contributed by atoms with Crippen LogP contribution < -0.4 is 5.73 Å². The second-order valence-corrected chi connectivity index (χ2v) is 6.34.